The Morgan fingerprint density at radius 3 is 2.67 bits per heavy atom. The molecule has 140 valence electrons. The van der Waals surface area contributed by atoms with Gasteiger partial charge in [0.25, 0.3) is 0 Å². The van der Waals surface area contributed by atoms with Crippen LogP contribution in [0.25, 0.3) is 0 Å². The number of hydrogen-bond donors (Lipinski definition) is 3. The Labute approximate surface area is 160 Å². The van der Waals surface area contributed by atoms with Crippen molar-refractivity contribution in [3.05, 3.63) is 77.4 Å². The summed E-state index contributed by atoms with van der Waals surface area (Å²) >= 11 is 0. The van der Waals surface area contributed by atoms with Crippen LogP contribution in [0.1, 0.15) is 30.4 Å². The third-order valence-corrected chi connectivity index (χ3v) is 6.00. The Balaban J connectivity index is 1.43. The molecule has 1 heterocycles. The number of amides is 1. The quantitative estimate of drug-likeness (QED) is 0.693. The number of anilines is 1. The molecule has 1 aliphatic carbocycles. The molecule has 2 aliphatic rings. The van der Waals surface area contributed by atoms with Crippen molar-refractivity contribution in [1.82, 2.24) is 5.32 Å². The summed E-state index contributed by atoms with van der Waals surface area (Å²) in [7, 11) is 0. The van der Waals surface area contributed by atoms with E-state index in [4.69, 9.17) is 5.73 Å². The van der Waals surface area contributed by atoms with Crippen molar-refractivity contribution in [1.29, 1.82) is 0 Å². The van der Waals surface area contributed by atoms with E-state index in [0.29, 0.717) is 12.6 Å². The predicted octanol–water partition coefficient (Wildman–Crippen LogP) is 3.15. The maximum Gasteiger partial charge on any atom is 0.234 e. The normalized spacial score (nSPS) is 24.0. The third kappa shape index (κ3) is 3.37. The fraction of sp³-hybridized carbons (Fsp3) is 0.348. The van der Waals surface area contributed by atoms with Crippen LogP contribution in [0.5, 0.6) is 0 Å². The second kappa shape index (κ2) is 7.57. The van der Waals surface area contributed by atoms with Crippen LogP contribution in [0, 0.1) is 0 Å². The number of nitrogens with one attached hydrogen (secondary N) is 2. The Morgan fingerprint density at radius 1 is 1.15 bits per heavy atom. The number of nitrogens with two attached hydrogens (primary N) is 1. The van der Waals surface area contributed by atoms with E-state index in [0.717, 1.165) is 43.5 Å². The van der Waals surface area contributed by atoms with Gasteiger partial charge in [-0.25, -0.2) is 0 Å². The van der Waals surface area contributed by atoms with Crippen LogP contribution in [0.3, 0.4) is 0 Å². The highest BCUT2D eigenvalue weighted by atomic mass is 16.1. The minimum Gasteiger partial charge on any atom is -0.383 e. The molecule has 2 aromatic rings. The fourth-order valence-corrected chi connectivity index (χ4v) is 4.47. The van der Waals surface area contributed by atoms with Gasteiger partial charge >= 0.3 is 0 Å². The average Bonchev–Trinajstić information content (AvgIpc) is 3.10. The summed E-state index contributed by atoms with van der Waals surface area (Å²) < 4.78 is 0. The molecule has 1 aliphatic heterocycles. The summed E-state index contributed by atoms with van der Waals surface area (Å²) in [5.74, 6) is -0.248. The van der Waals surface area contributed by atoms with Gasteiger partial charge in [-0.15, -0.1) is 0 Å². The van der Waals surface area contributed by atoms with Gasteiger partial charge < -0.3 is 16.4 Å². The van der Waals surface area contributed by atoms with Crippen LogP contribution < -0.4 is 16.4 Å². The number of fused-ring (bicyclic) bond motifs is 1. The lowest BCUT2D eigenvalue weighted by molar-refractivity contribution is -0.121. The van der Waals surface area contributed by atoms with Crippen molar-refractivity contribution in [2.45, 2.75) is 37.1 Å². The number of rotatable bonds is 6. The second-order valence-corrected chi connectivity index (χ2v) is 7.56. The van der Waals surface area contributed by atoms with Gasteiger partial charge in [-0.3, -0.25) is 4.79 Å². The number of para-hydroxylation sites is 1. The standard InChI is InChI=1S/C23H27N3O/c24-22(27)23(16-26-21-9-5-4-8-20(21)23)18-10-12-19(13-11-18)25-15-14-17-6-2-1-3-7-17/h1-10,19,25-26H,11-16H2,(H2,24,27). The molecule has 1 amide bonds. The van der Waals surface area contributed by atoms with Gasteiger partial charge in [-0.05, 0) is 49.4 Å². The zero-order valence-electron chi connectivity index (χ0n) is 15.6. The number of primary amides is 1. The van der Waals surface area contributed by atoms with Gasteiger partial charge in [0.05, 0.1) is 0 Å². The monoisotopic (exact) mass is 361 g/mol. The Bertz CT molecular complexity index is 846. The zero-order chi connectivity index (χ0) is 18.7. The first-order chi connectivity index (χ1) is 13.2. The minimum absolute atomic E-state index is 0.248. The van der Waals surface area contributed by atoms with Gasteiger partial charge in [0.15, 0.2) is 0 Å². The summed E-state index contributed by atoms with van der Waals surface area (Å²) in [5.41, 5.74) is 9.82. The highest BCUT2D eigenvalue weighted by Gasteiger charge is 2.47. The van der Waals surface area contributed by atoms with E-state index >= 15 is 0 Å². The molecule has 0 fully saturated rings. The number of carbonyl (C=O) groups excluding carboxylic acids is 1. The summed E-state index contributed by atoms with van der Waals surface area (Å²) in [6.07, 6.45) is 6.18. The van der Waals surface area contributed by atoms with Crippen LogP contribution in [0.4, 0.5) is 5.69 Å². The Morgan fingerprint density at radius 2 is 1.93 bits per heavy atom. The maximum absolute atomic E-state index is 12.5. The minimum atomic E-state index is -0.689. The smallest absolute Gasteiger partial charge is 0.234 e. The molecule has 0 aromatic heterocycles. The van der Waals surface area contributed by atoms with Crippen molar-refractivity contribution >= 4 is 11.6 Å². The number of carbonyl (C=O) groups is 1. The predicted molar refractivity (Wildman–Crippen MR) is 110 cm³/mol. The molecule has 0 spiro atoms. The van der Waals surface area contributed by atoms with Gasteiger partial charge in [-0.1, -0.05) is 60.2 Å². The van der Waals surface area contributed by atoms with Crippen molar-refractivity contribution in [2.24, 2.45) is 5.73 Å². The third-order valence-electron chi connectivity index (χ3n) is 6.00. The van der Waals surface area contributed by atoms with Crippen LogP contribution in [0.15, 0.2) is 66.2 Å². The summed E-state index contributed by atoms with van der Waals surface area (Å²) in [4.78, 5) is 12.5. The SMILES string of the molecule is NC(=O)C1(C2=CCC(NCCc3ccccc3)CC2)CNc2ccccc21. The van der Waals surface area contributed by atoms with Crippen LogP contribution in [-0.2, 0) is 16.6 Å². The second-order valence-electron chi connectivity index (χ2n) is 7.56. The molecule has 2 aromatic carbocycles. The van der Waals surface area contributed by atoms with E-state index < -0.39 is 5.41 Å². The highest BCUT2D eigenvalue weighted by molar-refractivity contribution is 5.95. The maximum atomic E-state index is 12.5. The zero-order valence-corrected chi connectivity index (χ0v) is 15.6. The fourth-order valence-electron chi connectivity index (χ4n) is 4.47. The summed E-state index contributed by atoms with van der Waals surface area (Å²) in [6.45, 7) is 1.54. The molecule has 0 radical (unpaired) electrons. The van der Waals surface area contributed by atoms with Gasteiger partial charge in [0.2, 0.25) is 5.91 Å². The highest BCUT2D eigenvalue weighted by Crippen LogP contribution is 2.44. The van der Waals surface area contributed by atoms with Crippen molar-refractivity contribution in [3.63, 3.8) is 0 Å². The topological polar surface area (TPSA) is 67.2 Å². The number of hydrogen-bond acceptors (Lipinski definition) is 3. The van der Waals surface area contributed by atoms with Crippen molar-refractivity contribution in [2.75, 3.05) is 18.4 Å². The van der Waals surface area contributed by atoms with Crippen molar-refractivity contribution < 1.29 is 4.79 Å². The van der Waals surface area contributed by atoms with Crippen LogP contribution >= 0.6 is 0 Å². The lowest BCUT2D eigenvalue weighted by Crippen LogP contribution is -2.46. The van der Waals surface area contributed by atoms with Gasteiger partial charge in [0, 0.05) is 18.3 Å². The van der Waals surface area contributed by atoms with E-state index in [1.165, 1.54) is 11.1 Å². The first kappa shape index (κ1) is 17.8. The molecular formula is C23H27N3O. The molecule has 0 bridgehead atoms. The average molecular weight is 361 g/mol. The van der Waals surface area contributed by atoms with E-state index in [2.05, 4.69) is 47.0 Å². The molecule has 2 unspecified atom stereocenters. The molecule has 4 N–H and O–H groups in total. The molecule has 0 saturated heterocycles. The summed E-state index contributed by atoms with van der Waals surface area (Å²) in [6, 6.07) is 19.1. The van der Waals surface area contributed by atoms with Gasteiger partial charge in [-0.2, -0.15) is 0 Å². The molecule has 4 nitrogen and oxygen atoms in total. The van der Waals surface area contributed by atoms with Crippen LogP contribution in [0.2, 0.25) is 0 Å². The van der Waals surface area contributed by atoms with Crippen LogP contribution in [-0.4, -0.2) is 25.0 Å². The van der Waals surface area contributed by atoms with E-state index in [9.17, 15) is 4.79 Å². The van der Waals surface area contributed by atoms with Gasteiger partial charge in [0.1, 0.15) is 5.41 Å². The molecule has 2 atom stereocenters. The first-order valence-electron chi connectivity index (χ1n) is 9.80. The largest absolute Gasteiger partial charge is 0.383 e. The molecule has 27 heavy (non-hydrogen) atoms. The van der Waals surface area contributed by atoms with Crippen molar-refractivity contribution in [3.8, 4) is 0 Å². The van der Waals surface area contributed by atoms with E-state index in [1.54, 1.807) is 0 Å². The molecule has 4 heteroatoms. The molecule has 4 rings (SSSR count). The van der Waals surface area contributed by atoms with E-state index in [1.807, 2.05) is 24.3 Å². The lowest BCUT2D eigenvalue weighted by atomic mass is 9.71. The lowest BCUT2D eigenvalue weighted by Gasteiger charge is -2.33. The summed E-state index contributed by atoms with van der Waals surface area (Å²) in [5, 5.41) is 7.04. The Kier molecular flexibility index (Phi) is 4.99. The van der Waals surface area contributed by atoms with E-state index in [-0.39, 0.29) is 5.91 Å². The number of benzene rings is 2. The Hall–Kier alpha value is -2.59. The molecule has 0 saturated carbocycles. The molecular weight excluding hydrogens is 334 g/mol. The first-order valence-corrected chi connectivity index (χ1v) is 9.80.